The fourth-order valence-corrected chi connectivity index (χ4v) is 5.27. The zero-order chi connectivity index (χ0) is 37.3. The van der Waals surface area contributed by atoms with Gasteiger partial charge in [-0.05, 0) is 12.1 Å². The molecule has 1 aromatic heterocycles. The summed E-state index contributed by atoms with van der Waals surface area (Å²) in [4.78, 5) is 22.9. The minimum absolute atomic E-state index is 0.0373. The number of fused-ring (bicyclic) bond motifs is 1. The Balaban J connectivity index is 1.52. The SMILES string of the molecule is O=C(CC(O)C(=O)O)OC[C@H]1O[C@@H](Oc2cc3c(O[C@@H]4O[C@H](CO)[C@@H](O)[C@H](O)[C@H]4O)cc(O)cc3[o+]c2-c2ccc(O)c(O)c2)[C@H](O)[C@@H](O)[C@@H]1O. The monoisotopic (exact) mass is 727 g/mol. The molecular formula is C31H35O20+. The molecule has 2 fully saturated rings. The summed E-state index contributed by atoms with van der Waals surface area (Å²) < 4.78 is 33.5. The Kier molecular flexibility index (Phi) is 11.3. The van der Waals surface area contributed by atoms with Crippen LogP contribution in [0.1, 0.15) is 6.42 Å². The van der Waals surface area contributed by atoms with Gasteiger partial charge in [0.15, 0.2) is 17.6 Å². The van der Waals surface area contributed by atoms with Crippen LogP contribution in [0.4, 0.5) is 0 Å². The first-order chi connectivity index (χ1) is 24.1. The summed E-state index contributed by atoms with van der Waals surface area (Å²) in [5.41, 5.74) is -0.103. The third-order valence-electron chi connectivity index (χ3n) is 8.09. The minimum atomic E-state index is -2.08. The average molecular weight is 728 g/mol. The molecule has 2 aliphatic heterocycles. The number of aliphatic hydroxyl groups is 8. The summed E-state index contributed by atoms with van der Waals surface area (Å²) in [5, 5.41) is 121. The number of phenols is 3. The van der Waals surface area contributed by atoms with Crippen LogP contribution >= 0.6 is 0 Å². The third kappa shape index (κ3) is 7.99. The molecule has 20 nitrogen and oxygen atoms in total. The van der Waals surface area contributed by atoms with Gasteiger partial charge in [-0.15, -0.1) is 0 Å². The van der Waals surface area contributed by atoms with Gasteiger partial charge in [0.2, 0.25) is 18.3 Å². The predicted octanol–water partition coefficient (Wildman–Crippen LogP) is -2.76. The van der Waals surface area contributed by atoms with Gasteiger partial charge in [0, 0.05) is 18.2 Å². The van der Waals surface area contributed by atoms with E-state index in [1.165, 1.54) is 12.1 Å². The molecule has 12 N–H and O–H groups in total. The highest BCUT2D eigenvalue weighted by Crippen LogP contribution is 2.43. The standard InChI is InChI=1S/C31H34O20/c32-8-19-22(38)24(40)26(42)30(50-19)48-17-5-11(33)4-16-12(17)6-18(28(47-16)10-1-2-13(34)14(35)3-10)49-31-27(43)25(41)23(39)20(51-31)9-46-21(37)7-15(36)29(44)45/h1-6,15,19-20,22-27,30-32,36,38-43H,7-9H2,(H3-,33,34,35,44,45)/p+1/t15?,19-,20-,22-,23-,24+,25+,26-,27-,30-,31-/m1/s1. The van der Waals surface area contributed by atoms with Crippen molar-refractivity contribution in [3.8, 4) is 40.1 Å². The van der Waals surface area contributed by atoms with E-state index >= 15 is 0 Å². The molecule has 20 heteroatoms. The van der Waals surface area contributed by atoms with E-state index in [4.69, 9.17) is 33.2 Å². The number of aliphatic carboxylic acids is 1. The van der Waals surface area contributed by atoms with E-state index in [0.29, 0.717) is 0 Å². The molecular weight excluding hydrogens is 692 g/mol. The van der Waals surface area contributed by atoms with Gasteiger partial charge in [0.05, 0.1) is 24.7 Å². The first kappa shape index (κ1) is 37.6. The zero-order valence-electron chi connectivity index (χ0n) is 26.1. The number of aromatic hydroxyl groups is 3. The van der Waals surface area contributed by atoms with E-state index in [1.54, 1.807) is 0 Å². The van der Waals surface area contributed by atoms with Crippen LogP contribution in [0.5, 0.6) is 28.7 Å². The summed E-state index contributed by atoms with van der Waals surface area (Å²) in [7, 11) is 0. The van der Waals surface area contributed by atoms with Crippen molar-refractivity contribution in [2.24, 2.45) is 0 Å². The van der Waals surface area contributed by atoms with Crippen molar-refractivity contribution in [2.75, 3.05) is 13.2 Å². The molecule has 0 bridgehead atoms. The summed E-state index contributed by atoms with van der Waals surface area (Å²) in [6, 6.07) is 6.82. The van der Waals surface area contributed by atoms with E-state index in [0.717, 1.165) is 24.3 Å². The van der Waals surface area contributed by atoms with Crippen molar-refractivity contribution in [3.63, 3.8) is 0 Å². The Bertz CT molecular complexity index is 1730. The van der Waals surface area contributed by atoms with Crippen molar-refractivity contribution in [1.82, 2.24) is 0 Å². The summed E-state index contributed by atoms with van der Waals surface area (Å²) in [6.45, 7) is -1.57. The van der Waals surface area contributed by atoms with Crippen LogP contribution in [-0.4, -0.2) is 154 Å². The lowest BCUT2D eigenvalue weighted by atomic mass is 9.99. The normalized spacial score (nSPS) is 30.0. The average Bonchev–Trinajstić information content (AvgIpc) is 3.09. The maximum atomic E-state index is 12.0. The first-order valence-electron chi connectivity index (χ1n) is 15.2. The Morgan fingerprint density at radius 2 is 1.37 bits per heavy atom. The summed E-state index contributed by atoms with van der Waals surface area (Å²) in [6.07, 6.45) is -20.8. The van der Waals surface area contributed by atoms with Crippen molar-refractivity contribution >= 4 is 22.9 Å². The fourth-order valence-electron chi connectivity index (χ4n) is 5.27. The lowest BCUT2D eigenvalue weighted by Gasteiger charge is -2.39. The largest absolute Gasteiger partial charge is 0.507 e. The highest BCUT2D eigenvalue weighted by molar-refractivity contribution is 5.89. The number of rotatable bonds is 11. The van der Waals surface area contributed by atoms with Crippen LogP contribution in [0.2, 0.25) is 0 Å². The zero-order valence-corrected chi connectivity index (χ0v) is 26.1. The number of carboxylic acids is 1. The van der Waals surface area contributed by atoms with Crippen LogP contribution in [0.15, 0.2) is 40.8 Å². The number of hydrogen-bond acceptors (Lipinski definition) is 18. The highest BCUT2D eigenvalue weighted by Gasteiger charge is 2.47. The molecule has 2 aromatic carbocycles. The van der Waals surface area contributed by atoms with E-state index in [2.05, 4.69) is 0 Å². The summed E-state index contributed by atoms with van der Waals surface area (Å²) >= 11 is 0. The van der Waals surface area contributed by atoms with Gasteiger partial charge in [-0.2, -0.15) is 0 Å². The second-order valence-corrected chi connectivity index (χ2v) is 11.7. The van der Waals surface area contributed by atoms with Crippen molar-refractivity contribution in [3.05, 3.63) is 36.4 Å². The van der Waals surface area contributed by atoms with E-state index in [1.807, 2.05) is 0 Å². The molecule has 0 radical (unpaired) electrons. The number of carbonyl (C=O) groups is 2. The molecule has 2 saturated heterocycles. The van der Waals surface area contributed by atoms with Crippen LogP contribution in [0.25, 0.3) is 22.3 Å². The minimum Gasteiger partial charge on any atom is -0.507 e. The Morgan fingerprint density at radius 1 is 0.765 bits per heavy atom. The highest BCUT2D eigenvalue weighted by atomic mass is 16.7. The molecule has 3 heterocycles. The maximum absolute atomic E-state index is 12.0. The number of aliphatic hydroxyl groups excluding tert-OH is 8. The molecule has 0 spiro atoms. The maximum Gasteiger partial charge on any atom is 0.402 e. The molecule has 3 aromatic rings. The second-order valence-electron chi connectivity index (χ2n) is 11.7. The Hall–Kier alpha value is -4.61. The number of ether oxygens (including phenoxy) is 5. The number of benzene rings is 2. The van der Waals surface area contributed by atoms with E-state index < -0.39 is 116 Å². The quantitative estimate of drug-likeness (QED) is 0.0540. The number of hydrogen-bond donors (Lipinski definition) is 12. The fraction of sp³-hybridized carbons (Fsp3) is 0.452. The number of carbonyl (C=O) groups excluding carboxylic acids is 1. The molecule has 2 aliphatic rings. The van der Waals surface area contributed by atoms with Gasteiger partial charge < -0.3 is 85.0 Å². The lowest BCUT2D eigenvalue weighted by Crippen LogP contribution is -2.60. The van der Waals surface area contributed by atoms with Crippen molar-refractivity contribution in [2.45, 2.75) is 73.9 Å². The topological polar surface area (TPSA) is 334 Å². The predicted molar refractivity (Wildman–Crippen MR) is 162 cm³/mol. The number of carboxylic acid groups (broad SMARTS) is 1. The molecule has 11 atom stereocenters. The lowest BCUT2D eigenvalue weighted by molar-refractivity contribution is -0.278. The van der Waals surface area contributed by atoms with Gasteiger partial charge in [-0.3, -0.25) is 4.79 Å². The molecule has 0 aliphatic carbocycles. The van der Waals surface area contributed by atoms with Crippen LogP contribution < -0.4 is 9.47 Å². The van der Waals surface area contributed by atoms with Crippen molar-refractivity contribution < 1.29 is 99.0 Å². The van der Waals surface area contributed by atoms with Gasteiger partial charge in [-0.1, -0.05) is 0 Å². The van der Waals surface area contributed by atoms with E-state index in [-0.39, 0.29) is 33.8 Å². The van der Waals surface area contributed by atoms with Crippen LogP contribution in [0.3, 0.4) is 0 Å². The second kappa shape index (κ2) is 15.3. The number of esters is 1. The molecule has 0 saturated carbocycles. The van der Waals surface area contributed by atoms with Gasteiger partial charge in [0.1, 0.15) is 72.3 Å². The molecule has 278 valence electrons. The van der Waals surface area contributed by atoms with Gasteiger partial charge in [-0.25, -0.2) is 9.21 Å². The van der Waals surface area contributed by atoms with Gasteiger partial charge >= 0.3 is 23.3 Å². The third-order valence-corrected chi connectivity index (χ3v) is 8.09. The molecule has 1 unspecified atom stereocenters. The summed E-state index contributed by atoms with van der Waals surface area (Å²) in [5.74, 6) is -5.31. The Morgan fingerprint density at radius 3 is 1.98 bits per heavy atom. The van der Waals surface area contributed by atoms with Gasteiger partial charge in [0.25, 0.3) is 0 Å². The van der Waals surface area contributed by atoms with E-state index in [9.17, 15) is 65.8 Å². The van der Waals surface area contributed by atoms with Crippen LogP contribution in [-0.2, 0) is 23.8 Å². The molecule has 0 amide bonds. The van der Waals surface area contributed by atoms with Crippen molar-refractivity contribution in [1.29, 1.82) is 0 Å². The Labute approximate surface area is 285 Å². The first-order valence-corrected chi connectivity index (χ1v) is 15.2. The molecule has 5 rings (SSSR count). The molecule has 51 heavy (non-hydrogen) atoms. The smallest absolute Gasteiger partial charge is 0.402 e. The number of phenolic OH excluding ortho intramolecular Hbond substituents is 3. The van der Waals surface area contributed by atoms with Crippen LogP contribution in [0, 0.1) is 0 Å².